The van der Waals surface area contributed by atoms with E-state index in [1.807, 2.05) is 46.0 Å². The first-order valence-electron chi connectivity index (χ1n) is 9.53. The van der Waals surface area contributed by atoms with E-state index in [9.17, 15) is 9.59 Å². The van der Waals surface area contributed by atoms with E-state index in [-0.39, 0.29) is 17.5 Å². The molecule has 1 amide bonds. The van der Waals surface area contributed by atoms with Crippen molar-refractivity contribution in [1.82, 2.24) is 24.1 Å². The smallest absolute Gasteiger partial charge is 0.272 e. The molecule has 0 radical (unpaired) electrons. The summed E-state index contributed by atoms with van der Waals surface area (Å²) in [5, 5.41) is 11.0. The van der Waals surface area contributed by atoms with Gasteiger partial charge in [-0.1, -0.05) is 23.7 Å². The molecule has 0 spiro atoms. The Hall–Kier alpha value is -2.75. The van der Waals surface area contributed by atoms with E-state index < -0.39 is 0 Å². The molecule has 1 unspecified atom stereocenters. The molecule has 154 valence electrons. The summed E-state index contributed by atoms with van der Waals surface area (Å²) in [6, 6.07) is 9.01. The van der Waals surface area contributed by atoms with Crippen molar-refractivity contribution in [3.63, 3.8) is 0 Å². The molecule has 3 aromatic heterocycles. The molecule has 1 fully saturated rings. The molecule has 1 aliphatic heterocycles. The molecule has 0 bridgehead atoms. The van der Waals surface area contributed by atoms with Crippen molar-refractivity contribution in [2.45, 2.75) is 19.0 Å². The third-order valence-corrected chi connectivity index (χ3v) is 6.85. The highest BCUT2D eigenvalue weighted by Crippen LogP contribution is 2.30. The predicted molar refractivity (Wildman–Crippen MR) is 117 cm³/mol. The monoisotopic (exact) mass is 442 g/mol. The number of benzene rings is 1. The second-order valence-electron chi connectivity index (χ2n) is 7.41. The number of hydrogen-bond donors (Lipinski definition) is 0. The van der Waals surface area contributed by atoms with Crippen LogP contribution in [-0.4, -0.2) is 49.6 Å². The zero-order valence-electron chi connectivity index (χ0n) is 16.4. The van der Waals surface area contributed by atoms with Gasteiger partial charge in [0.1, 0.15) is 4.70 Å². The van der Waals surface area contributed by atoms with Gasteiger partial charge in [-0.15, -0.1) is 21.5 Å². The van der Waals surface area contributed by atoms with Crippen LogP contribution in [0.3, 0.4) is 0 Å². The first-order chi connectivity index (χ1) is 14.5. The topological polar surface area (TPSA) is 75.7 Å². The van der Waals surface area contributed by atoms with E-state index in [4.69, 9.17) is 11.6 Å². The third-order valence-electron chi connectivity index (χ3n) is 5.64. The lowest BCUT2D eigenvalue weighted by Crippen LogP contribution is -2.39. The number of carbonyl (C=O) groups is 1. The normalized spacial score (nSPS) is 17.1. The number of thiophene rings is 1. The number of halogens is 1. The Labute approximate surface area is 180 Å². The summed E-state index contributed by atoms with van der Waals surface area (Å²) in [5.74, 6) is 1.20. The summed E-state index contributed by atoms with van der Waals surface area (Å²) in [5.41, 5.74) is 1.45. The molecule has 0 N–H and O–H groups in total. The van der Waals surface area contributed by atoms with Crippen LogP contribution in [-0.2, 0) is 18.4 Å². The Morgan fingerprint density at radius 3 is 2.83 bits per heavy atom. The highest BCUT2D eigenvalue weighted by atomic mass is 35.5. The number of likely N-dealkylation sites (N-methyl/N-ethyl adjacent to an activating group) is 1. The number of fused-ring (bicyclic) bond motifs is 3. The van der Waals surface area contributed by atoms with Gasteiger partial charge in [0.15, 0.2) is 5.82 Å². The third kappa shape index (κ3) is 2.84. The van der Waals surface area contributed by atoms with Crippen LogP contribution < -0.4 is 10.5 Å². The Balaban J connectivity index is 1.46. The summed E-state index contributed by atoms with van der Waals surface area (Å²) in [7, 11) is 3.60. The molecule has 0 saturated carbocycles. The Morgan fingerprint density at radius 1 is 1.23 bits per heavy atom. The average molecular weight is 443 g/mol. The lowest BCUT2D eigenvalue weighted by atomic mass is 10.2. The lowest BCUT2D eigenvalue weighted by molar-refractivity contribution is -0.121. The van der Waals surface area contributed by atoms with Crippen molar-refractivity contribution in [2.24, 2.45) is 7.05 Å². The molecule has 10 heteroatoms. The van der Waals surface area contributed by atoms with Gasteiger partial charge in [-0.05, 0) is 37.0 Å². The SMILES string of the molecule is CN(Cc1nnc2n(C)c(=O)c3sccc3n12)C1CCN(c2ccccc2Cl)C1=O. The van der Waals surface area contributed by atoms with E-state index in [1.54, 1.807) is 18.0 Å². The van der Waals surface area contributed by atoms with Crippen LogP contribution in [0.1, 0.15) is 12.2 Å². The summed E-state index contributed by atoms with van der Waals surface area (Å²) < 4.78 is 4.07. The van der Waals surface area contributed by atoms with E-state index >= 15 is 0 Å². The first kappa shape index (κ1) is 19.2. The summed E-state index contributed by atoms with van der Waals surface area (Å²) in [6.07, 6.45) is 0.698. The molecule has 1 atom stereocenters. The highest BCUT2D eigenvalue weighted by Gasteiger charge is 2.36. The van der Waals surface area contributed by atoms with E-state index in [2.05, 4.69) is 10.2 Å². The summed E-state index contributed by atoms with van der Waals surface area (Å²) in [6.45, 7) is 1.04. The number of hydrogen-bond acceptors (Lipinski definition) is 6. The quantitative estimate of drug-likeness (QED) is 0.485. The molecule has 1 saturated heterocycles. The van der Waals surface area contributed by atoms with E-state index in [0.717, 1.165) is 11.2 Å². The molecule has 1 aromatic carbocycles. The van der Waals surface area contributed by atoms with Crippen LogP contribution in [0, 0.1) is 0 Å². The Morgan fingerprint density at radius 2 is 2.03 bits per heavy atom. The zero-order chi connectivity index (χ0) is 21.0. The van der Waals surface area contributed by atoms with Crippen molar-refractivity contribution < 1.29 is 4.79 Å². The minimum absolute atomic E-state index is 0.0208. The van der Waals surface area contributed by atoms with Gasteiger partial charge in [0, 0.05) is 13.6 Å². The van der Waals surface area contributed by atoms with Gasteiger partial charge in [0.25, 0.3) is 5.56 Å². The number of anilines is 1. The first-order valence-corrected chi connectivity index (χ1v) is 10.8. The van der Waals surface area contributed by atoms with Crippen LogP contribution in [0.4, 0.5) is 5.69 Å². The minimum Gasteiger partial charge on any atom is -0.310 e. The number of rotatable bonds is 4. The highest BCUT2D eigenvalue weighted by molar-refractivity contribution is 7.17. The molecule has 5 rings (SSSR count). The largest absolute Gasteiger partial charge is 0.310 e. The molecule has 30 heavy (non-hydrogen) atoms. The van der Waals surface area contributed by atoms with Gasteiger partial charge >= 0.3 is 0 Å². The van der Waals surface area contributed by atoms with Crippen LogP contribution in [0.25, 0.3) is 16.0 Å². The fourth-order valence-electron chi connectivity index (χ4n) is 4.07. The number of para-hydroxylation sites is 1. The average Bonchev–Trinajstić information content (AvgIpc) is 3.45. The maximum absolute atomic E-state index is 13.1. The molecule has 4 aromatic rings. The van der Waals surface area contributed by atoms with Gasteiger partial charge in [-0.25, -0.2) is 0 Å². The minimum atomic E-state index is -0.279. The van der Waals surface area contributed by atoms with Gasteiger partial charge < -0.3 is 4.90 Å². The molecule has 8 nitrogen and oxygen atoms in total. The van der Waals surface area contributed by atoms with Crippen LogP contribution in [0.15, 0.2) is 40.5 Å². The standard InChI is InChI=1S/C20H19ClN6O2S/c1-24(15-7-9-26(18(15)28)13-6-4-3-5-12(13)21)11-16-22-23-20-25(2)19(29)17-14(27(16)20)8-10-30-17/h3-6,8,10,15H,7,9,11H2,1-2H3. The Kier molecular flexibility index (Phi) is 4.61. The number of aryl methyl sites for hydroxylation is 1. The van der Waals surface area contributed by atoms with Crippen LogP contribution in [0.2, 0.25) is 5.02 Å². The van der Waals surface area contributed by atoms with Crippen molar-refractivity contribution in [3.8, 4) is 0 Å². The number of carbonyl (C=O) groups excluding carboxylic acids is 1. The fraction of sp³-hybridized carbons (Fsp3) is 0.300. The number of aromatic nitrogens is 4. The zero-order valence-corrected chi connectivity index (χ0v) is 18.0. The van der Waals surface area contributed by atoms with Crippen LogP contribution in [0.5, 0.6) is 0 Å². The maximum atomic E-state index is 13.1. The predicted octanol–water partition coefficient (Wildman–Crippen LogP) is 2.53. The molecule has 1 aliphatic rings. The van der Waals surface area contributed by atoms with Crippen LogP contribution >= 0.6 is 22.9 Å². The second-order valence-corrected chi connectivity index (χ2v) is 8.73. The summed E-state index contributed by atoms with van der Waals surface area (Å²) >= 11 is 7.70. The van der Waals surface area contributed by atoms with E-state index in [1.165, 1.54) is 15.9 Å². The Bertz CT molecular complexity index is 1340. The van der Waals surface area contributed by atoms with Crippen molar-refractivity contribution >= 4 is 50.5 Å². The maximum Gasteiger partial charge on any atom is 0.272 e. The fourth-order valence-corrected chi connectivity index (χ4v) is 5.16. The van der Waals surface area contributed by atoms with Crippen molar-refractivity contribution in [3.05, 3.63) is 56.9 Å². The van der Waals surface area contributed by atoms with E-state index in [0.29, 0.717) is 40.8 Å². The molecule has 0 aliphatic carbocycles. The number of amides is 1. The molecule has 4 heterocycles. The molecular weight excluding hydrogens is 424 g/mol. The number of nitrogens with zero attached hydrogens (tertiary/aromatic N) is 6. The second kappa shape index (κ2) is 7.19. The van der Waals surface area contributed by atoms with Gasteiger partial charge in [0.2, 0.25) is 11.7 Å². The van der Waals surface area contributed by atoms with Gasteiger partial charge in [0.05, 0.1) is 28.8 Å². The molecular formula is C20H19ClN6O2S. The van der Waals surface area contributed by atoms with Gasteiger partial charge in [-0.2, -0.15) is 0 Å². The lowest BCUT2D eigenvalue weighted by Gasteiger charge is -2.23. The van der Waals surface area contributed by atoms with Crippen molar-refractivity contribution in [1.29, 1.82) is 0 Å². The summed E-state index contributed by atoms with van der Waals surface area (Å²) in [4.78, 5) is 29.3. The van der Waals surface area contributed by atoms with Gasteiger partial charge in [-0.3, -0.25) is 23.5 Å². The van der Waals surface area contributed by atoms with Crippen molar-refractivity contribution in [2.75, 3.05) is 18.5 Å².